The molecule has 2 aromatic rings. The molecule has 0 saturated carbocycles. The summed E-state index contributed by atoms with van der Waals surface area (Å²) in [5.74, 6) is 0.834. The molecule has 0 aliphatic heterocycles. The van der Waals surface area contributed by atoms with E-state index in [4.69, 9.17) is 15.9 Å². The monoisotopic (exact) mass is 395 g/mol. The number of hydrogen-bond donors (Lipinski definition) is 2. The van der Waals surface area contributed by atoms with Gasteiger partial charge in [0.05, 0.1) is 5.71 Å². The molecule has 7 nitrogen and oxygen atoms in total. The Bertz CT molecular complexity index is 997. The molecular formula is C22H29N5O2. The molecule has 7 heteroatoms. The quantitative estimate of drug-likeness (QED) is 0.469. The topological polar surface area (TPSA) is 110 Å². The maximum atomic E-state index is 13.4. The van der Waals surface area contributed by atoms with Crippen LogP contribution in [-0.2, 0) is 6.42 Å². The molecule has 1 aromatic carbocycles. The van der Waals surface area contributed by atoms with E-state index in [9.17, 15) is 4.79 Å². The largest absolute Gasteiger partial charge is 0.455 e. The van der Waals surface area contributed by atoms with Crippen molar-refractivity contribution >= 4 is 23.3 Å². The number of amides is 1. The highest BCUT2D eigenvalue weighted by atomic mass is 16.4. The number of anilines is 1. The Labute approximate surface area is 171 Å². The van der Waals surface area contributed by atoms with E-state index in [-0.39, 0.29) is 17.3 Å². The first kappa shape index (κ1) is 20.6. The fraction of sp³-hybridized carbons (Fsp3) is 0.409. The van der Waals surface area contributed by atoms with Gasteiger partial charge in [0.1, 0.15) is 5.76 Å². The summed E-state index contributed by atoms with van der Waals surface area (Å²) >= 11 is 0. The number of aryl methyl sites for hydroxylation is 1. The predicted octanol–water partition coefficient (Wildman–Crippen LogP) is 3.51. The summed E-state index contributed by atoms with van der Waals surface area (Å²) in [6, 6.07) is 7.88. The Morgan fingerprint density at radius 1 is 1.24 bits per heavy atom. The molecule has 0 fully saturated rings. The molecule has 1 heterocycles. The van der Waals surface area contributed by atoms with E-state index in [1.54, 1.807) is 4.90 Å². The molecule has 1 aliphatic rings. The van der Waals surface area contributed by atoms with Crippen molar-refractivity contribution in [3.8, 4) is 0 Å². The van der Waals surface area contributed by atoms with Crippen molar-refractivity contribution in [3.05, 3.63) is 52.5 Å². The second kappa shape index (κ2) is 7.73. The maximum absolute atomic E-state index is 13.4. The van der Waals surface area contributed by atoms with Crippen LogP contribution in [0.5, 0.6) is 0 Å². The van der Waals surface area contributed by atoms with Crippen molar-refractivity contribution in [2.24, 2.45) is 27.1 Å². The van der Waals surface area contributed by atoms with E-state index in [1.807, 2.05) is 45.0 Å². The SMILES string of the molecule is CCN(C(=O)c1oc2c(c1C)/C(=N\N=C(N)N)CC(C)(C)C2)c1cccc(C)c1. The van der Waals surface area contributed by atoms with Crippen LogP contribution in [0.15, 0.2) is 38.9 Å². The lowest BCUT2D eigenvalue weighted by Crippen LogP contribution is -2.31. The molecule has 1 aromatic heterocycles. The van der Waals surface area contributed by atoms with Gasteiger partial charge in [-0.3, -0.25) is 4.79 Å². The minimum atomic E-state index is -0.163. The normalized spacial score (nSPS) is 16.4. The Morgan fingerprint density at radius 2 is 1.97 bits per heavy atom. The molecule has 3 rings (SSSR count). The van der Waals surface area contributed by atoms with Crippen LogP contribution in [0.1, 0.15) is 60.2 Å². The summed E-state index contributed by atoms with van der Waals surface area (Å²) in [4.78, 5) is 15.1. The number of hydrogen-bond acceptors (Lipinski definition) is 4. The Kier molecular flexibility index (Phi) is 5.50. The van der Waals surface area contributed by atoms with E-state index < -0.39 is 0 Å². The summed E-state index contributed by atoms with van der Waals surface area (Å²) < 4.78 is 6.12. The molecule has 0 radical (unpaired) electrons. The van der Waals surface area contributed by atoms with E-state index >= 15 is 0 Å². The molecule has 1 aliphatic carbocycles. The van der Waals surface area contributed by atoms with Crippen LogP contribution in [0, 0.1) is 19.3 Å². The summed E-state index contributed by atoms with van der Waals surface area (Å²) in [7, 11) is 0. The van der Waals surface area contributed by atoms with Crippen LogP contribution in [-0.4, -0.2) is 24.1 Å². The maximum Gasteiger partial charge on any atom is 0.294 e. The molecule has 0 saturated heterocycles. The van der Waals surface area contributed by atoms with Crippen LogP contribution in [0.4, 0.5) is 5.69 Å². The van der Waals surface area contributed by atoms with Crippen LogP contribution in [0.25, 0.3) is 0 Å². The number of nitrogens with zero attached hydrogens (tertiary/aromatic N) is 3. The van der Waals surface area contributed by atoms with E-state index in [0.717, 1.165) is 33.8 Å². The van der Waals surface area contributed by atoms with E-state index in [1.165, 1.54) is 0 Å². The summed E-state index contributed by atoms with van der Waals surface area (Å²) in [6.45, 7) is 10.6. The van der Waals surface area contributed by atoms with Gasteiger partial charge in [-0.1, -0.05) is 26.0 Å². The first-order chi connectivity index (χ1) is 13.6. The minimum absolute atomic E-state index is 0.0731. The van der Waals surface area contributed by atoms with Crippen molar-refractivity contribution in [2.75, 3.05) is 11.4 Å². The summed E-state index contributed by atoms with van der Waals surface area (Å²) in [5, 5.41) is 8.10. The van der Waals surface area contributed by atoms with Gasteiger partial charge in [0.2, 0.25) is 5.96 Å². The van der Waals surface area contributed by atoms with Gasteiger partial charge < -0.3 is 20.8 Å². The Hall–Kier alpha value is -3.09. The third kappa shape index (κ3) is 4.18. The molecule has 154 valence electrons. The smallest absolute Gasteiger partial charge is 0.294 e. The van der Waals surface area contributed by atoms with Gasteiger partial charge in [0.25, 0.3) is 5.91 Å². The van der Waals surface area contributed by atoms with Crippen LogP contribution >= 0.6 is 0 Å². The number of fused-ring (bicyclic) bond motifs is 1. The standard InChI is InChI=1S/C22H29N5O2/c1-6-27(15-9-7-8-13(2)10-15)20(28)19-14(3)18-16(25-26-21(23)24)11-22(4,5)12-17(18)29-19/h7-10H,6,11-12H2,1-5H3,(H4,23,24,26)/b25-16-. The molecule has 0 atom stereocenters. The van der Waals surface area contributed by atoms with Gasteiger partial charge in [-0.2, -0.15) is 5.10 Å². The van der Waals surface area contributed by atoms with Gasteiger partial charge in [0, 0.05) is 29.8 Å². The minimum Gasteiger partial charge on any atom is -0.455 e. The molecule has 0 spiro atoms. The van der Waals surface area contributed by atoms with Crippen LogP contribution in [0.3, 0.4) is 0 Å². The van der Waals surface area contributed by atoms with E-state index in [2.05, 4.69) is 24.1 Å². The number of rotatable bonds is 4. The van der Waals surface area contributed by atoms with Gasteiger partial charge in [-0.05, 0) is 50.3 Å². The van der Waals surface area contributed by atoms with Crippen LogP contribution in [0.2, 0.25) is 0 Å². The summed E-state index contributed by atoms with van der Waals surface area (Å²) in [6.07, 6.45) is 1.41. The third-order valence-electron chi connectivity index (χ3n) is 5.15. The van der Waals surface area contributed by atoms with Gasteiger partial charge in [-0.15, -0.1) is 5.10 Å². The average molecular weight is 396 g/mol. The van der Waals surface area contributed by atoms with Crippen molar-refractivity contribution in [2.45, 2.75) is 47.5 Å². The zero-order valence-electron chi connectivity index (χ0n) is 17.7. The highest BCUT2D eigenvalue weighted by molar-refractivity contribution is 6.10. The zero-order valence-corrected chi connectivity index (χ0v) is 17.7. The zero-order chi connectivity index (χ0) is 21.3. The van der Waals surface area contributed by atoms with Gasteiger partial charge >= 0.3 is 0 Å². The predicted molar refractivity (Wildman–Crippen MR) is 116 cm³/mol. The van der Waals surface area contributed by atoms with Crippen LogP contribution < -0.4 is 16.4 Å². The third-order valence-corrected chi connectivity index (χ3v) is 5.15. The molecule has 4 N–H and O–H groups in total. The molecular weight excluding hydrogens is 366 g/mol. The Balaban J connectivity index is 2.07. The second-order valence-corrected chi connectivity index (χ2v) is 8.33. The average Bonchev–Trinajstić information content (AvgIpc) is 2.95. The van der Waals surface area contributed by atoms with Crippen molar-refractivity contribution < 1.29 is 9.21 Å². The second-order valence-electron chi connectivity index (χ2n) is 8.33. The molecule has 1 amide bonds. The first-order valence-electron chi connectivity index (χ1n) is 9.79. The summed E-state index contributed by atoms with van der Waals surface area (Å²) in [5.41, 5.74) is 15.1. The first-order valence-corrected chi connectivity index (χ1v) is 9.79. The number of carbonyl (C=O) groups excluding carboxylic acids is 1. The fourth-order valence-corrected chi connectivity index (χ4v) is 3.88. The lowest BCUT2D eigenvalue weighted by atomic mass is 9.75. The highest BCUT2D eigenvalue weighted by Gasteiger charge is 2.37. The number of benzene rings is 1. The van der Waals surface area contributed by atoms with E-state index in [0.29, 0.717) is 25.1 Å². The number of guanidine groups is 1. The van der Waals surface area contributed by atoms with Gasteiger partial charge in [-0.25, -0.2) is 0 Å². The lowest BCUT2D eigenvalue weighted by Gasteiger charge is -2.29. The molecule has 0 unspecified atom stereocenters. The molecule has 29 heavy (non-hydrogen) atoms. The van der Waals surface area contributed by atoms with Crippen molar-refractivity contribution in [1.82, 2.24) is 0 Å². The van der Waals surface area contributed by atoms with Gasteiger partial charge in [0.15, 0.2) is 5.76 Å². The number of furan rings is 1. The lowest BCUT2D eigenvalue weighted by molar-refractivity contribution is 0.0958. The number of carbonyl (C=O) groups is 1. The highest BCUT2D eigenvalue weighted by Crippen LogP contribution is 2.39. The number of nitrogens with two attached hydrogens (primary N) is 2. The Morgan fingerprint density at radius 3 is 2.59 bits per heavy atom. The van der Waals surface area contributed by atoms with Crippen molar-refractivity contribution in [1.29, 1.82) is 0 Å². The van der Waals surface area contributed by atoms with Crippen molar-refractivity contribution in [3.63, 3.8) is 0 Å². The molecule has 0 bridgehead atoms. The fourth-order valence-electron chi connectivity index (χ4n) is 3.88.